The fourth-order valence-corrected chi connectivity index (χ4v) is 2.47. The van der Waals surface area contributed by atoms with Crippen LogP contribution in [0.1, 0.15) is 20.9 Å². The van der Waals surface area contributed by atoms with E-state index in [1.54, 1.807) is 0 Å². The van der Waals surface area contributed by atoms with E-state index in [0.29, 0.717) is 0 Å². The van der Waals surface area contributed by atoms with Crippen LogP contribution in [0.2, 0.25) is 0 Å². The molecule has 0 aliphatic heterocycles. The topological polar surface area (TPSA) is 78.7 Å². The van der Waals surface area contributed by atoms with Gasteiger partial charge in [0, 0.05) is 10.8 Å². The van der Waals surface area contributed by atoms with Gasteiger partial charge in [0.2, 0.25) is 10.1 Å². The second-order valence-electron chi connectivity index (χ2n) is 3.18. The third kappa shape index (κ3) is 2.88. The molecule has 0 aromatic carbocycles. The first kappa shape index (κ1) is 13.4. The number of nitrogens with zero attached hydrogens (tertiary/aromatic N) is 3. The van der Waals surface area contributed by atoms with Gasteiger partial charge in [0.1, 0.15) is 6.07 Å². The minimum Gasteiger partial charge on any atom is -0.296 e. The minimum absolute atomic E-state index is 0.0938. The first-order chi connectivity index (χ1) is 8.91. The van der Waals surface area contributed by atoms with E-state index in [9.17, 15) is 18.0 Å². The Hall–Kier alpha value is -1.99. The Bertz CT molecular complexity index is 655. The zero-order valence-corrected chi connectivity index (χ0v) is 10.5. The highest BCUT2D eigenvalue weighted by Gasteiger charge is 2.35. The lowest BCUT2D eigenvalue weighted by Crippen LogP contribution is -2.12. The lowest BCUT2D eigenvalue weighted by atomic mass is 10.2. The van der Waals surface area contributed by atoms with E-state index in [4.69, 9.17) is 5.26 Å². The van der Waals surface area contributed by atoms with Gasteiger partial charge in [0.15, 0.2) is 0 Å². The molecule has 10 heteroatoms. The summed E-state index contributed by atoms with van der Waals surface area (Å²) in [6.07, 6.45) is -4.60. The maximum atomic E-state index is 12.3. The van der Waals surface area contributed by atoms with Gasteiger partial charge < -0.3 is 0 Å². The molecule has 2 heterocycles. The number of amides is 1. The molecule has 98 valence electrons. The third-order valence-electron chi connectivity index (χ3n) is 1.91. The van der Waals surface area contributed by atoms with Crippen LogP contribution in [-0.2, 0) is 6.18 Å². The number of anilines is 1. The highest BCUT2D eigenvalue weighted by atomic mass is 32.1. The van der Waals surface area contributed by atoms with Gasteiger partial charge in [-0.3, -0.25) is 10.1 Å². The van der Waals surface area contributed by atoms with Crippen LogP contribution < -0.4 is 5.32 Å². The van der Waals surface area contributed by atoms with Crippen molar-refractivity contribution in [2.24, 2.45) is 0 Å². The van der Waals surface area contributed by atoms with Gasteiger partial charge in [-0.05, 0) is 0 Å². The molecule has 0 spiro atoms. The summed E-state index contributed by atoms with van der Waals surface area (Å²) in [6.45, 7) is 0. The molecule has 1 amide bonds. The maximum Gasteiger partial charge on any atom is 0.445 e. The van der Waals surface area contributed by atoms with Crippen LogP contribution in [0, 0.1) is 11.3 Å². The monoisotopic (exact) mass is 304 g/mol. The number of nitriles is 1. The van der Waals surface area contributed by atoms with Crippen molar-refractivity contribution in [1.82, 2.24) is 10.2 Å². The zero-order valence-electron chi connectivity index (χ0n) is 8.85. The van der Waals surface area contributed by atoms with Crippen molar-refractivity contribution in [2.75, 3.05) is 5.32 Å². The second-order valence-corrected chi connectivity index (χ2v) is 4.90. The standard InChI is InChI=1S/C9H3F3N4OS2/c10-9(11,12)7-15-16-8(19-7)14-6(17)5-3-18-2-4(5)1-13/h2-3H,(H,14,16,17). The number of rotatable bonds is 2. The van der Waals surface area contributed by atoms with Crippen molar-refractivity contribution in [3.8, 4) is 6.07 Å². The van der Waals surface area contributed by atoms with Crippen LogP contribution in [0.15, 0.2) is 10.8 Å². The molecular weight excluding hydrogens is 301 g/mol. The molecule has 0 aliphatic carbocycles. The maximum absolute atomic E-state index is 12.3. The molecule has 0 bridgehead atoms. The summed E-state index contributed by atoms with van der Waals surface area (Å²) in [5.74, 6) is -0.692. The Morgan fingerprint density at radius 1 is 1.37 bits per heavy atom. The second kappa shape index (κ2) is 4.94. The third-order valence-corrected chi connectivity index (χ3v) is 3.54. The highest BCUT2D eigenvalue weighted by Crippen LogP contribution is 2.33. The van der Waals surface area contributed by atoms with Crippen molar-refractivity contribution < 1.29 is 18.0 Å². The summed E-state index contributed by atoms with van der Waals surface area (Å²) in [6, 6.07) is 1.81. The number of aromatic nitrogens is 2. The number of carbonyl (C=O) groups excluding carboxylic acids is 1. The molecule has 2 aromatic heterocycles. The van der Waals surface area contributed by atoms with Crippen molar-refractivity contribution in [3.63, 3.8) is 0 Å². The van der Waals surface area contributed by atoms with E-state index in [1.807, 2.05) is 6.07 Å². The smallest absolute Gasteiger partial charge is 0.296 e. The molecule has 0 aliphatic rings. The zero-order chi connectivity index (χ0) is 14.0. The van der Waals surface area contributed by atoms with Crippen LogP contribution in [0.25, 0.3) is 0 Å². The first-order valence-corrected chi connectivity index (χ1v) is 6.36. The largest absolute Gasteiger partial charge is 0.445 e. The van der Waals surface area contributed by atoms with Crippen molar-refractivity contribution in [1.29, 1.82) is 5.26 Å². The molecular formula is C9H3F3N4OS2. The van der Waals surface area contributed by atoms with E-state index in [2.05, 4.69) is 15.5 Å². The van der Waals surface area contributed by atoms with Gasteiger partial charge in [0.25, 0.3) is 5.91 Å². The summed E-state index contributed by atoms with van der Waals surface area (Å²) in [7, 11) is 0. The molecule has 19 heavy (non-hydrogen) atoms. The summed E-state index contributed by atoms with van der Waals surface area (Å²) < 4.78 is 36.9. The van der Waals surface area contributed by atoms with E-state index in [0.717, 1.165) is 11.3 Å². The van der Waals surface area contributed by atoms with Gasteiger partial charge in [-0.2, -0.15) is 29.8 Å². The normalized spacial score (nSPS) is 11.1. The first-order valence-electron chi connectivity index (χ1n) is 4.60. The number of hydrogen-bond donors (Lipinski definition) is 1. The molecule has 1 N–H and O–H groups in total. The lowest BCUT2D eigenvalue weighted by Gasteiger charge is -1.99. The fourth-order valence-electron chi connectivity index (χ4n) is 1.11. The molecule has 2 rings (SSSR count). The predicted molar refractivity (Wildman–Crippen MR) is 61.9 cm³/mol. The quantitative estimate of drug-likeness (QED) is 0.925. The Kier molecular flexibility index (Phi) is 3.50. The molecule has 0 atom stereocenters. The average molecular weight is 304 g/mol. The number of thiophene rings is 1. The molecule has 0 saturated heterocycles. The van der Waals surface area contributed by atoms with Crippen LogP contribution in [-0.4, -0.2) is 16.1 Å². The van der Waals surface area contributed by atoms with Gasteiger partial charge in [-0.1, -0.05) is 11.3 Å². The number of hydrogen-bond acceptors (Lipinski definition) is 6. The van der Waals surface area contributed by atoms with Crippen LogP contribution >= 0.6 is 22.7 Å². The van der Waals surface area contributed by atoms with E-state index >= 15 is 0 Å². The summed E-state index contributed by atoms with van der Waals surface area (Å²) in [5.41, 5.74) is 0.249. The SMILES string of the molecule is N#Cc1cscc1C(=O)Nc1nnc(C(F)(F)F)s1. The van der Waals surface area contributed by atoms with Gasteiger partial charge in [0.05, 0.1) is 11.1 Å². The Morgan fingerprint density at radius 2 is 2.11 bits per heavy atom. The Morgan fingerprint density at radius 3 is 2.68 bits per heavy atom. The van der Waals surface area contributed by atoms with Crippen molar-refractivity contribution in [3.05, 3.63) is 26.9 Å². The van der Waals surface area contributed by atoms with Crippen molar-refractivity contribution >= 4 is 33.7 Å². The van der Waals surface area contributed by atoms with Gasteiger partial charge >= 0.3 is 6.18 Å². The fraction of sp³-hybridized carbons (Fsp3) is 0.111. The molecule has 0 fully saturated rings. The van der Waals surface area contributed by atoms with Crippen LogP contribution in [0.4, 0.5) is 18.3 Å². The molecule has 5 nitrogen and oxygen atoms in total. The number of nitrogens with one attached hydrogen (secondary N) is 1. The van der Waals surface area contributed by atoms with Gasteiger partial charge in [-0.25, -0.2) is 0 Å². The molecule has 0 unspecified atom stereocenters. The van der Waals surface area contributed by atoms with E-state index in [1.165, 1.54) is 10.8 Å². The summed E-state index contributed by atoms with van der Waals surface area (Å²) in [5, 5.41) is 18.5. The molecule has 0 saturated carbocycles. The lowest BCUT2D eigenvalue weighted by molar-refractivity contribution is -0.138. The van der Waals surface area contributed by atoms with Gasteiger partial charge in [-0.15, -0.1) is 10.2 Å². The van der Waals surface area contributed by atoms with E-state index in [-0.39, 0.29) is 27.6 Å². The average Bonchev–Trinajstić information content (AvgIpc) is 2.95. The Balaban J connectivity index is 2.16. The predicted octanol–water partition coefficient (Wildman–Crippen LogP) is 2.74. The number of halogens is 3. The number of alkyl halides is 3. The summed E-state index contributed by atoms with van der Waals surface area (Å²) >= 11 is 1.36. The molecule has 0 radical (unpaired) electrons. The Labute approximate surface area is 112 Å². The summed E-state index contributed by atoms with van der Waals surface area (Å²) in [4.78, 5) is 11.7. The highest BCUT2D eigenvalue weighted by molar-refractivity contribution is 7.15. The molecule has 2 aromatic rings. The number of carbonyl (C=O) groups is 1. The van der Waals surface area contributed by atoms with Crippen LogP contribution in [0.3, 0.4) is 0 Å². The van der Waals surface area contributed by atoms with Crippen LogP contribution in [0.5, 0.6) is 0 Å². The van der Waals surface area contributed by atoms with Crippen molar-refractivity contribution in [2.45, 2.75) is 6.18 Å². The minimum atomic E-state index is -4.60. The van der Waals surface area contributed by atoms with E-state index < -0.39 is 17.1 Å².